The molecule has 0 saturated carbocycles. The minimum Gasteiger partial charge on any atom is -0.427 e. The van der Waals surface area contributed by atoms with Crippen LogP contribution in [0.5, 0.6) is 0 Å². The number of nitrogens with one attached hydrogen (secondary N) is 1. The van der Waals surface area contributed by atoms with Crippen LogP contribution in [0.4, 0.5) is 5.69 Å². The summed E-state index contributed by atoms with van der Waals surface area (Å²) in [5.41, 5.74) is 1.10. The number of carbonyl (C=O) groups excluding carboxylic acids is 2. The Morgan fingerprint density at radius 2 is 2.03 bits per heavy atom. The van der Waals surface area contributed by atoms with E-state index in [4.69, 9.17) is 4.42 Å². The monoisotopic (exact) mass is 418 g/mol. The first-order valence-corrected chi connectivity index (χ1v) is 10.1. The van der Waals surface area contributed by atoms with Crippen molar-refractivity contribution >= 4 is 17.5 Å². The van der Waals surface area contributed by atoms with Gasteiger partial charge in [0.25, 0.3) is 5.91 Å². The predicted molar refractivity (Wildman–Crippen MR) is 113 cm³/mol. The van der Waals surface area contributed by atoms with E-state index in [0.717, 1.165) is 11.3 Å². The van der Waals surface area contributed by atoms with Crippen molar-refractivity contribution in [2.75, 3.05) is 11.9 Å². The summed E-state index contributed by atoms with van der Waals surface area (Å²) in [6.07, 6.45) is 3.94. The van der Waals surface area contributed by atoms with Crippen molar-refractivity contribution in [3.8, 4) is 0 Å². The predicted octanol–water partition coefficient (Wildman–Crippen LogP) is 2.47. The van der Waals surface area contributed by atoms with E-state index in [1.807, 2.05) is 35.9 Å². The van der Waals surface area contributed by atoms with Crippen LogP contribution in [-0.4, -0.2) is 32.8 Å². The number of para-hydroxylation sites is 1. The highest BCUT2D eigenvalue weighted by Crippen LogP contribution is 2.54. The first-order chi connectivity index (χ1) is 14.8. The number of rotatable bonds is 2. The van der Waals surface area contributed by atoms with E-state index >= 15 is 0 Å². The zero-order chi connectivity index (χ0) is 21.9. The summed E-state index contributed by atoms with van der Waals surface area (Å²) in [6.45, 7) is 3.70. The second-order valence-corrected chi connectivity index (χ2v) is 8.20. The molecule has 1 saturated heterocycles. The number of aryl methyl sites for hydroxylation is 3. The van der Waals surface area contributed by atoms with Crippen molar-refractivity contribution < 1.29 is 14.0 Å². The number of imidazole rings is 1. The average Bonchev–Trinajstić information content (AvgIpc) is 3.38. The Kier molecular flexibility index (Phi) is 4.15. The maximum absolute atomic E-state index is 13.8. The molecule has 1 spiro atoms. The molecule has 0 radical (unpaired) electrons. The summed E-state index contributed by atoms with van der Waals surface area (Å²) in [5.74, 6) is 0.488. The van der Waals surface area contributed by atoms with Gasteiger partial charge in [-0.1, -0.05) is 18.2 Å². The molecule has 2 atom stereocenters. The Bertz CT molecular complexity index is 1260. The highest BCUT2D eigenvalue weighted by atomic mass is 16.4. The number of amides is 2. The van der Waals surface area contributed by atoms with Crippen LogP contribution in [0.2, 0.25) is 0 Å². The smallest absolute Gasteiger partial charge is 0.336 e. The van der Waals surface area contributed by atoms with E-state index in [0.29, 0.717) is 29.9 Å². The van der Waals surface area contributed by atoms with Gasteiger partial charge in [0.1, 0.15) is 23.0 Å². The largest absolute Gasteiger partial charge is 0.427 e. The number of benzene rings is 1. The third kappa shape index (κ3) is 2.60. The molecule has 8 nitrogen and oxygen atoms in total. The molecule has 2 amide bonds. The Hall–Kier alpha value is -3.68. The third-order valence-corrected chi connectivity index (χ3v) is 6.50. The van der Waals surface area contributed by atoms with Crippen LogP contribution in [0, 0.1) is 13.8 Å². The number of hydrogen-bond donors (Lipinski definition) is 1. The lowest BCUT2D eigenvalue weighted by Crippen LogP contribution is -2.44. The Morgan fingerprint density at radius 3 is 2.74 bits per heavy atom. The maximum Gasteiger partial charge on any atom is 0.336 e. The van der Waals surface area contributed by atoms with Crippen LogP contribution >= 0.6 is 0 Å². The summed E-state index contributed by atoms with van der Waals surface area (Å²) in [5, 5.41) is 3.00. The molecule has 3 aromatic rings. The molecule has 4 heterocycles. The van der Waals surface area contributed by atoms with Gasteiger partial charge in [0.15, 0.2) is 0 Å². The highest BCUT2D eigenvalue weighted by Gasteiger charge is 2.60. The molecule has 5 rings (SSSR count). The minimum atomic E-state index is -0.942. The number of anilines is 1. The average molecular weight is 418 g/mol. The molecule has 31 heavy (non-hydrogen) atoms. The zero-order valence-electron chi connectivity index (χ0n) is 17.5. The van der Waals surface area contributed by atoms with E-state index < -0.39 is 17.1 Å². The van der Waals surface area contributed by atoms with Crippen molar-refractivity contribution in [1.29, 1.82) is 0 Å². The van der Waals surface area contributed by atoms with Gasteiger partial charge in [-0.05, 0) is 37.5 Å². The fourth-order valence-electron chi connectivity index (χ4n) is 5.13. The molecular weight excluding hydrogens is 396 g/mol. The van der Waals surface area contributed by atoms with Crippen LogP contribution in [0.25, 0.3) is 0 Å². The standard InChI is InChI=1S/C23H22N4O4/c1-13-12-17(28)31-14(2)18(13)21(29)27-10-8-23(19(27)20-24-9-11-26(20)3)15-6-4-5-7-16(15)25-22(23)30/h4-7,9,11-12,19H,8,10H2,1-3H3,(H,25,30)/t19-,23+/m0/s1. The van der Waals surface area contributed by atoms with E-state index in [1.54, 1.807) is 31.1 Å². The van der Waals surface area contributed by atoms with Crippen LogP contribution in [0.15, 0.2) is 51.9 Å². The van der Waals surface area contributed by atoms with Crippen molar-refractivity contribution in [3.05, 3.63) is 81.4 Å². The lowest BCUT2D eigenvalue weighted by Gasteiger charge is -2.33. The minimum absolute atomic E-state index is 0.134. The molecule has 0 aliphatic carbocycles. The van der Waals surface area contributed by atoms with Crippen LogP contribution in [-0.2, 0) is 17.3 Å². The molecule has 8 heteroatoms. The topological polar surface area (TPSA) is 97.4 Å². The number of likely N-dealkylation sites (tertiary alicyclic amines) is 1. The van der Waals surface area contributed by atoms with Crippen molar-refractivity contribution in [2.24, 2.45) is 7.05 Å². The number of fused-ring (bicyclic) bond motifs is 2. The SMILES string of the molecule is Cc1cc(=O)oc(C)c1C(=O)N1CC[C@]2(C(=O)Nc3ccccc32)[C@@H]1c1nccn1C. The summed E-state index contributed by atoms with van der Waals surface area (Å²) in [4.78, 5) is 45.1. The molecule has 0 unspecified atom stereocenters. The van der Waals surface area contributed by atoms with E-state index in [-0.39, 0.29) is 17.6 Å². The first-order valence-electron chi connectivity index (χ1n) is 10.1. The molecular formula is C23H22N4O4. The Balaban J connectivity index is 1.70. The number of aromatic nitrogens is 2. The van der Waals surface area contributed by atoms with E-state index in [2.05, 4.69) is 10.3 Å². The normalized spacial score (nSPS) is 22.1. The molecule has 0 bridgehead atoms. The summed E-state index contributed by atoms with van der Waals surface area (Å²) >= 11 is 0. The zero-order valence-corrected chi connectivity index (χ0v) is 17.5. The summed E-state index contributed by atoms with van der Waals surface area (Å²) < 4.78 is 7.05. The van der Waals surface area contributed by atoms with Gasteiger partial charge < -0.3 is 19.2 Å². The van der Waals surface area contributed by atoms with Gasteiger partial charge in [0, 0.05) is 37.7 Å². The van der Waals surface area contributed by atoms with Gasteiger partial charge in [-0.15, -0.1) is 0 Å². The second-order valence-electron chi connectivity index (χ2n) is 8.20. The molecule has 1 fully saturated rings. The molecule has 2 aromatic heterocycles. The number of hydrogen-bond acceptors (Lipinski definition) is 5. The first kappa shape index (κ1) is 19.3. The Labute approximate surface area is 178 Å². The van der Waals surface area contributed by atoms with Gasteiger partial charge in [-0.3, -0.25) is 9.59 Å². The summed E-state index contributed by atoms with van der Waals surface area (Å²) in [7, 11) is 1.85. The lowest BCUT2D eigenvalue weighted by atomic mass is 9.74. The van der Waals surface area contributed by atoms with Gasteiger partial charge in [-0.2, -0.15) is 0 Å². The maximum atomic E-state index is 13.8. The molecule has 1 N–H and O–H groups in total. The summed E-state index contributed by atoms with van der Waals surface area (Å²) in [6, 6.07) is 8.32. The fraction of sp³-hybridized carbons (Fsp3) is 0.304. The van der Waals surface area contributed by atoms with Gasteiger partial charge in [-0.25, -0.2) is 9.78 Å². The van der Waals surface area contributed by atoms with E-state index in [1.165, 1.54) is 6.07 Å². The fourth-order valence-corrected chi connectivity index (χ4v) is 5.13. The van der Waals surface area contributed by atoms with Crippen molar-refractivity contribution in [2.45, 2.75) is 31.7 Å². The molecule has 2 aliphatic heterocycles. The van der Waals surface area contributed by atoms with Gasteiger partial charge in [0.2, 0.25) is 5.91 Å². The highest BCUT2D eigenvalue weighted by molar-refractivity contribution is 6.08. The van der Waals surface area contributed by atoms with Crippen LogP contribution < -0.4 is 10.9 Å². The van der Waals surface area contributed by atoms with E-state index in [9.17, 15) is 14.4 Å². The molecule has 158 valence electrons. The quantitative estimate of drug-likeness (QED) is 0.690. The van der Waals surface area contributed by atoms with Crippen molar-refractivity contribution in [1.82, 2.24) is 14.5 Å². The molecule has 2 aliphatic rings. The lowest BCUT2D eigenvalue weighted by molar-refractivity contribution is -0.121. The Morgan fingerprint density at radius 1 is 1.26 bits per heavy atom. The second kappa shape index (κ2) is 6.66. The van der Waals surface area contributed by atoms with Crippen molar-refractivity contribution in [3.63, 3.8) is 0 Å². The number of nitrogens with zero attached hydrogens (tertiary/aromatic N) is 3. The van der Waals surface area contributed by atoms with Crippen LogP contribution in [0.1, 0.15) is 45.5 Å². The van der Waals surface area contributed by atoms with Gasteiger partial charge >= 0.3 is 5.63 Å². The van der Waals surface area contributed by atoms with Crippen LogP contribution in [0.3, 0.4) is 0 Å². The van der Waals surface area contributed by atoms with Gasteiger partial charge in [0.05, 0.1) is 5.56 Å². The molecule has 1 aromatic carbocycles. The third-order valence-electron chi connectivity index (χ3n) is 6.50. The number of carbonyl (C=O) groups is 2.